The van der Waals surface area contributed by atoms with Gasteiger partial charge in [0.05, 0.1) is 0 Å². The molecule has 1 atom stereocenters. The van der Waals surface area contributed by atoms with E-state index in [1.165, 1.54) is 24.5 Å². The number of anilines is 1. The molecule has 1 amide bonds. The second kappa shape index (κ2) is 5.57. The number of hydrogen-bond donors (Lipinski definition) is 1. The molecule has 2 saturated carbocycles. The number of halogens is 3. The summed E-state index contributed by atoms with van der Waals surface area (Å²) in [5.74, 6) is -0.164. The summed E-state index contributed by atoms with van der Waals surface area (Å²) >= 11 is 0. The molecule has 2 aromatic heterocycles. The Labute approximate surface area is 142 Å². The number of alkyl halides is 3. The molecule has 2 aliphatic carbocycles. The Balaban J connectivity index is 1.51. The lowest BCUT2D eigenvalue weighted by molar-refractivity contribution is -0.137. The van der Waals surface area contributed by atoms with Crippen molar-refractivity contribution in [2.24, 2.45) is 11.3 Å². The van der Waals surface area contributed by atoms with Gasteiger partial charge in [-0.2, -0.15) is 13.2 Å². The Bertz CT molecular complexity index is 808. The zero-order chi connectivity index (χ0) is 17.7. The summed E-state index contributed by atoms with van der Waals surface area (Å²) in [6.07, 6.45) is 3.52. The largest absolute Gasteiger partial charge is 0.420 e. The normalized spacial score (nSPS) is 21.5. The third-order valence-corrected chi connectivity index (χ3v) is 5.25. The minimum atomic E-state index is -4.53. The molecule has 0 bridgehead atoms. The number of rotatable bonds is 3. The minimum Gasteiger partial charge on any atom is -0.309 e. The first-order valence-corrected chi connectivity index (χ1v) is 8.28. The van der Waals surface area contributed by atoms with E-state index in [1.807, 2.05) is 0 Å². The molecule has 132 valence electrons. The number of nitrogens with one attached hydrogen (secondary N) is 1. The lowest BCUT2D eigenvalue weighted by atomic mass is 10.0. The molecule has 0 saturated heterocycles. The topological polar surface area (TPSA) is 59.8 Å². The lowest BCUT2D eigenvalue weighted by Crippen LogP contribution is -2.18. The summed E-state index contributed by atoms with van der Waals surface area (Å²) in [7, 11) is 0. The molecular weight excluding hydrogens is 333 g/mol. The minimum absolute atomic E-state index is 0.000682. The first-order valence-electron chi connectivity index (χ1n) is 8.28. The SMILES string of the molecule is O=C(Nc1ccn(-c2ncccc2C(F)(F)F)n1)C1CC12CCCC2. The van der Waals surface area contributed by atoms with Gasteiger partial charge in [0, 0.05) is 24.4 Å². The summed E-state index contributed by atoms with van der Waals surface area (Å²) in [5, 5.41) is 6.77. The summed E-state index contributed by atoms with van der Waals surface area (Å²) in [6, 6.07) is 3.67. The van der Waals surface area contributed by atoms with Crippen LogP contribution < -0.4 is 5.32 Å². The van der Waals surface area contributed by atoms with Crippen LogP contribution in [0.1, 0.15) is 37.7 Å². The molecule has 0 aromatic carbocycles. The summed E-state index contributed by atoms with van der Waals surface area (Å²) < 4.78 is 40.3. The fourth-order valence-corrected chi connectivity index (χ4v) is 3.87. The summed E-state index contributed by atoms with van der Waals surface area (Å²) in [6.45, 7) is 0. The van der Waals surface area contributed by atoms with Gasteiger partial charge in [0.2, 0.25) is 5.91 Å². The quantitative estimate of drug-likeness (QED) is 0.916. The van der Waals surface area contributed by atoms with E-state index in [0.717, 1.165) is 42.9 Å². The number of amides is 1. The fourth-order valence-electron chi connectivity index (χ4n) is 3.87. The first kappa shape index (κ1) is 16.1. The van der Waals surface area contributed by atoms with Crippen LogP contribution in [0.4, 0.5) is 19.0 Å². The number of carbonyl (C=O) groups is 1. The molecule has 1 N–H and O–H groups in total. The Hall–Kier alpha value is -2.38. The fraction of sp³-hybridized carbons (Fsp3) is 0.471. The number of nitrogens with zero attached hydrogens (tertiary/aromatic N) is 3. The van der Waals surface area contributed by atoms with Crippen molar-refractivity contribution in [3.8, 4) is 5.82 Å². The average molecular weight is 350 g/mol. The van der Waals surface area contributed by atoms with Crippen LogP contribution in [0.2, 0.25) is 0 Å². The predicted octanol–water partition coefficient (Wildman–Crippen LogP) is 3.80. The smallest absolute Gasteiger partial charge is 0.309 e. The van der Waals surface area contributed by atoms with Crippen molar-refractivity contribution in [1.82, 2.24) is 14.8 Å². The molecule has 0 aliphatic heterocycles. The highest BCUT2D eigenvalue weighted by Gasteiger charge is 2.58. The van der Waals surface area contributed by atoms with E-state index in [9.17, 15) is 18.0 Å². The van der Waals surface area contributed by atoms with Crippen molar-refractivity contribution < 1.29 is 18.0 Å². The molecule has 0 radical (unpaired) electrons. The van der Waals surface area contributed by atoms with Crippen molar-refractivity contribution in [2.75, 3.05) is 5.32 Å². The molecule has 4 rings (SSSR count). The second-order valence-electron chi connectivity index (χ2n) is 6.83. The molecule has 1 spiro atoms. The van der Waals surface area contributed by atoms with Gasteiger partial charge in [0.25, 0.3) is 0 Å². The van der Waals surface area contributed by atoms with Crippen molar-refractivity contribution in [3.63, 3.8) is 0 Å². The summed E-state index contributed by atoms with van der Waals surface area (Å²) in [5.41, 5.74) is -0.708. The maximum atomic E-state index is 13.1. The van der Waals surface area contributed by atoms with Crippen LogP contribution >= 0.6 is 0 Å². The third-order valence-electron chi connectivity index (χ3n) is 5.25. The molecule has 2 fully saturated rings. The number of aromatic nitrogens is 3. The first-order chi connectivity index (χ1) is 11.9. The van der Waals surface area contributed by atoms with E-state index in [1.54, 1.807) is 0 Å². The van der Waals surface area contributed by atoms with E-state index in [2.05, 4.69) is 15.4 Å². The lowest BCUT2D eigenvalue weighted by Gasteiger charge is -2.11. The predicted molar refractivity (Wildman–Crippen MR) is 84.0 cm³/mol. The van der Waals surface area contributed by atoms with Gasteiger partial charge in [0.1, 0.15) is 5.56 Å². The Morgan fingerprint density at radius 2 is 2.04 bits per heavy atom. The monoisotopic (exact) mass is 350 g/mol. The standard InChI is InChI=1S/C17H17F3N4O/c18-17(19,20)11-4-3-8-21-14(11)24-9-5-13(23-24)22-15(25)12-10-16(12)6-1-2-7-16/h3-5,8-9,12H,1-2,6-7,10H2,(H,22,23,25). The highest BCUT2D eigenvalue weighted by molar-refractivity contribution is 5.94. The third kappa shape index (κ3) is 2.89. The van der Waals surface area contributed by atoms with Gasteiger partial charge in [-0.25, -0.2) is 9.67 Å². The van der Waals surface area contributed by atoms with Gasteiger partial charge in [0.15, 0.2) is 11.6 Å². The Morgan fingerprint density at radius 1 is 1.28 bits per heavy atom. The van der Waals surface area contributed by atoms with Gasteiger partial charge < -0.3 is 5.32 Å². The molecule has 2 aromatic rings. The van der Waals surface area contributed by atoms with Crippen LogP contribution in [0.5, 0.6) is 0 Å². The number of hydrogen-bond acceptors (Lipinski definition) is 3. The molecule has 2 aliphatic rings. The van der Waals surface area contributed by atoms with Crippen molar-refractivity contribution in [1.29, 1.82) is 0 Å². The van der Waals surface area contributed by atoms with E-state index < -0.39 is 11.7 Å². The van der Waals surface area contributed by atoms with Crippen LogP contribution in [-0.4, -0.2) is 20.7 Å². The van der Waals surface area contributed by atoms with Crippen LogP contribution in [0.3, 0.4) is 0 Å². The molecular formula is C17H17F3N4O. The van der Waals surface area contributed by atoms with Gasteiger partial charge >= 0.3 is 6.18 Å². The highest BCUT2D eigenvalue weighted by atomic mass is 19.4. The zero-order valence-corrected chi connectivity index (χ0v) is 13.4. The van der Waals surface area contributed by atoms with Gasteiger partial charge in [-0.3, -0.25) is 4.79 Å². The maximum Gasteiger partial charge on any atom is 0.420 e. The van der Waals surface area contributed by atoms with E-state index in [4.69, 9.17) is 0 Å². The zero-order valence-electron chi connectivity index (χ0n) is 13.4. The molecule has 8 heteroatoms. The van der Waals surface area contributed by atoms with Gasteiger partial charge in [-0.1, -0.05) is 12.8 Å². The van der Waals surface area contributed by atoms with E-state index >= 15 is 0 Å². The molecule has 5 nitrogen and oxygen atoms in total. The van der Waals surface area contributed by atoms with Crippen LogP contribution in [-0.2, 0) is 11.0 Å². The molecule has 25 heavy (non-hydrogen) atoms. The van der Waals surface area contributed by atoms with Crippen LogP contribution in [0.25, 0.3) is 5.82 Å². The number of carbonyl (C=O) groups excluding carboxylic acids is 1. The maximum absolute atomic E-state index is 13.1. The van der Waals surface area contributed by atoms with Crippen molar-refractivity contribution >= 4 is 11.7 Å². The summed E-state index contributed by atoms with van der Waals surface area (Å²) in [4.78, 5) is 16.1. The second-order valence-corrected chi connectivity index (χ2v) is 6.83. The van der Waals surface area contributed by atoms with E-state index in [0.29, 0.717) is 0 Å². The van der Waals surface area contributed by atoms with Gasteiger partial charge in [-0.05, 0) is 36.8 Å². The van der Waals surface area contributed by atoms with Crippen LogP contribution in [0.15, 0.2) is 30.6 Å². The molecule has 1 unspecified atom stereocenters. The van der Waals surface area contributed by atoms with Crippen LogP contribution in [0, 0.1) is 11.3 Å². The highest BCUT2D eigenvalue weighted by Crippen LogP contribution is 2.63. The average Bonchev–Trinajstić information content (AvgIpc) is 2.89. The molecule has 2 heterocycles. The Kier molecular flexibility index (Phi) is 3.59. The Morgan fingerprint density at radius 3 is 2.76 bits per heavy atom. The number of pyridine rings is 1. The van der Waals surface area contributed by atoms with Crippen molar-refractivity contribution in [3.05, 3.63) is 36.2 Å². The van der Waals surface area contributed by atoms with Crippen molar-refractivity contribution in [2.45, 2.75) is 38.3 Å². The van der Waals surface area contributed by atoms with E-state index in [-0.39, 0.29) is 28.9 Å². The van der Waals surface area contributed by atoms with Gasteiger partial charge in [-0.15, -0.1) is 5.10 Å².